The lowest BCUT2D eigenvalue weighted by Gasteiger charge is -2.10. The second kappa shape index (κ2) is 7.58. The minimum atomic E-state index is -0.619. The van der Waals surface area contributed by atoms with E-state index in [4.69, 9.17) is 4.42 Å². The summed E-state index contributed by atoms with van der Waals surface area (Å²) in [7, 11) is 1.70. The van der Waals surface area contributed by atoms with Crippen LogP contribution in [0.15, 0.2) is 34.9 Å². The summed E-state index contributed by atoms with van der Waals surface area (Å²) in [5, 5.41) is 8.74. The third kappa shape index (κ3) is 3.82. The largest absolute Gasteiger partial charge is 0.469 e. The van der Waals surface area contributed by atoms with Crippen LogP contribution in [0.2, 0.25) is 0 Å². The molecule has 7 nitrogen and oxygen atoms in total. The number of carbonyl (C=O) groups is 2. The minimum Gasteiger partial charge on any atom is -0.469 e. The number of rotatable bonds is 5. The first kappa shape index (κ1) is 18.6. The van der Waals surface area contributed by atoms with Crippen molar-refractivity contribution >= 4 is 39.7 Å². The van der Waals surface area contributed by atoms with E-state index in [1.54, 1.807) is 20.9 Å². The van der Waals surface area contributed by atoms with Crippen LogP contribution in [0.3, 0.4) is 0 Å². The Morgan fingerprint density at radius 2 is 1.93 bits per heavy atom. The number of nitrogens with zero attached hydrogens (tertiary/aromatic N) is 1. The Morgan fingerprint density at radius 3 is 2.59 bits per heavy atom. The molecule has 0 atom stereocenters. The van der Waals surface area contributed by atoms with Crippen molar-refractivity contribution in [2.45, 2.75) is 13.8 Å². The topological polar surface area (TPSA) is 96.3 Å². The van der Waals surface area contributed by atoms with Crippen LogP contribution in [0.4, 0.5) is 20.8 Å². The number of nitrogens with one attached hydrogen (secondary N) is 3. The van der Waals surface area contributed by atoms with E-state index in [9.17, 15) is 14.0 Å². The van der Waals surface area contributed by atoms with Gasteiger partial charge >= 0.3 is 0 Å². The van der Waals surface area contributed by atoms with Gasteiger partial charge in [-0.2, -0.15) is 4.37 Å². The first-order valence-electron chi connectivity index (χ1n) is 8.01. The fourth-order valence-corrected chi connectivity index (χ4v) is 3.25. The monoisotopic (exact) mass is 388 g/mol. The van der Waals surface area contributed by atoms with Gasteiger partial charge in [-0.05, 0) is 49.6 Å². The fraction of sp³-hybridized carbons (Fsp3) is 0.167. The van der Waals surface area contributed by atoms with Gasteiger partial charge in [0.25, 0.3) is 11.8 Å². The van der Waals surface area contributed by atoms with Crippen molar-refractivity contribution in [2.75, 3.05) is 23.0 Å². The van der Waals surface area contributed by atoms with Gasteiger partial charge in [0.2, 0.25) is 0 Å². The summed E-state index contributed by atoms with van der Waals surface area (Å²) in [6.45, 7) is 3.37. The molecular formula is C18H17FN4O3S. The molecule has 2 heterocycles. The Bertz CT molecular complexity index is 1010. The number of hydrogen-bond donors (Lipinski definition) is 3. The highest BCUT2D eigenvalue weighted by molar-refractivity contribution is 7.10. The van der Waals surface area contributed by atoms with Crippen molar-refractivity contribution < 1.29 is 18.4 Å². The maximum absolute atomic E-state index is 14.1. The average molecular weight is 388 g/mol. The smallest absolute Gasteiger partial charge is 0.260 e. The first-order valence-corrected chi connectivity index (χ1v) is 8.78. The molecule has 0 aliphatic rings. The Kier molecular flexibility index (Phi) is 5.22. The lowest BCUT2D eigenvalue weighted by molar-refractivity contribution is 0.101. The third-order valence-electron chi connectivity index (χ3n) is 3.89. The summed E-state index contributed by atoms with van der Waals surface area (Å²) in [4.78, 5) is 24.8. The number of furan rings is 1. The predicted octanol–water partition coefficient (Wildman–Crippen LogP) is 4.04. The fourth-order valence-electron chi connectivity index (χ4n) is 2.51. The van der Waals surface area contributed by atoms with Gasteiger partial charge in [-0.25, -0.2) is 4.39 Å². The second-order valence-electron chi connectivity index (χ2n) is 5.72. The van der Waals surface area contributed by atoms with E-state index in [0.29, 0.717) is 33.3 Å². The van der Waals surface area contributed by atoms with Gasteiger partial charge in [-0.3, -0.25) is 9.59 Å². The lowest BCUT2D eigenvalue weighted by Crippen LogP contribution is -2.16. The minimum absolute atomic E-state index is 0.0487. The van der Waals surface area contributed by atoms with Crippen LogP contribution < -0.4 is 16.0 Å². The van der Waals surface area contributed by atoms with Crippen LogP contribution in [0, 0.1) is 19.7 Å². The summed E-state index contributed by atoms with van der Waals surface area (Å²) < 4.78 is 23.3. The van der Waals surface area contributed by atoms with Crippen LogP contribution in [0.25, 0.3) is 0 Å². The van der Waals surface area contributed by atoms with Gasteiger partial charge in [0, 0.05) is 12.7 Å². The van der Waals surface area contributed by atoms with Gasteiger partial charge in [0.1, 0.15) is 16.6 Å². The molecule has 0 bridgehead atoms. The summed E-state index contributed by atoms with van der Waals surface area (Å²) in [5.74, 6) is -1.07. The highest BCUT2D eigenvalue weighted by Gasteiger charge is 2.19. The summed E-state index contributed by atoms with van der Waals surface area (Å²) in [5.41, 5.74) is 1.61. The van der Waals surface area contributed by atoms with Gasteiger partial charge in [-0.15, -0.1) is 0 Å². The SMILES string of the molecule is CNc1snc(C)c1C(=O)Nc1ccc(F)c(NC(=O)c2ccoc2C)c1. The number of amides is 2. The molecule has 0 aliphatic heterocycles. The zero-order valence-electron chi connectivity index (χ0n) is 14.8. The molecule has 0 aliphatic carbocycles. The van der Waals surface area contributed by atoms with Crippen molar-refractivity contribution in [1.82, 2.24) is 4.37 Å². The van der Waals surface area contributed by atoms with Gasteiger partial charge < -0.3 is 20.4 Å². The van der Waals surface area contributed by atoms with Crippen molar-refractivity contribution in [3.05, 3.63) is 58.9 Å². The number of carbonyl (C=O) groups excluding carboxylic acids is 2. The highest BCUT2D eigenvalue weighted by atomic mass is 32.1. The maximum atomic E-state index is 14.1. The molecule has 0 saturated heterocycles. The van der Waals surface area contributed by atoms with Crippen LogP contribution in [0.5, 0.6) is 0 Å². The second-order valence-corrected chi connectivity index (χ2v) is 6.49. The zero-order valence-corrected chi connectivity index (χ0v) is 15.7. The number of benzene rings is 1. The van der Waals surface area contributed by atoms with Crippen molar-refractivity contribution in [3.8, 4) is 0 Å². The van der Waals surface area contributed by atoms with E-state index in [2.05, 4.69) is 20.3 Å². The van der Waals surface area contributed by atoms with E-state index >= 15 is 0 Å². The van der Waals surface area contributed by atoms with Crippen molar-refractivity contribution in [3.63, 3.8) is 0 Å². The van der Waals surface area contributed by atoms with E-state index in [-0.39, 0.29) is 11.6 Å². The Morgan fingerprint density at radius 1 is 1.15 bits per heavy atom. The molecule has 0 spiro atoms. The van der Waals surface area contributed by atoms with Crippen LogP contribution in [-0.4, -0.2) is 23.2 Å². The molecule has 3 rings (SSSR count). The Labute approximate surface area is 158 Å². The van der Waals surface area contributed by atoms with Crippen molar-refractivity contribution in [2.24, 2.45) is 0 Å². The van der Waals surface area contributed by atoms with Crippen LogP contribution >= 0.6 is 11.5 Å². The first-order chi connectivity index (χ1) is 12.9. The van der Waals surface area contributed by atoms with E-state index < -0.39 is 11.7 Å². The Balaban J connectivity index is 1.81. The molecule has 3 aromatic rings. The quantitative estimate of drug-likeness (QED) is 0.613. The molecule has 2 aromatic heterocycles. The molecule has 0 fully saturated rings. The number of anilines is 3. The van der Waals surface area contributed by atoms with Crippen LogP contribution in [0.1, 0.15) is 32.2 Å². The van der Waals surface area contributed by atoms with Gasteiger partial charge in [0.15, 0.2) is 0 Å². The normalized spacial score (nSPS) is 10.5. The molecule has 3 N–H and O–H groups in total. The van der Waals surface area contributed by atoms with Crippen LogP contribution in [-0.2, 0) is 0 Å². The molecule has 0 radical (unpaired) electrons. The predicted molar refractivity (Wildman–Crippen MR) is 102 cm³/mol. The molecule has 27 heavy (non-hydrogen) atoms. The average Bonchev–Trinajstić information content (AvgIpc) is 3.23. The van der Waals surface area contributed by atoms with E-state index in [1.165, 1.54) is 42.1 Å². The zero-order chi connectivity index (χ0) is 19.6. The summed E-state index contributed by atoms with van der Waals surface area (Å²) >= 11 is 1.18. The van der Waals surface area contributed by atoms with E-state index in [0.717, 1.165) is 0 Å². The molecule has 9 heteroatoms. The molecule has 2 amide bonds. The standard InChI is InChI=1S/C18H17FN4O3S/c1-9-15(18(20-3)27-23-9)17(25)21-11-4-5-13(19)14(8-11)22-16(24)12-6-7-26-10(12)2/h4-8,20H,1-3H3,(H,21,25)(H,22,24). The molecular weight excluding hydrogens is 371 g/mol. The van der Waals surface area contributed by atoms with Gasteiger partial charge in [0.05, 0.1) is 28.8 Å². The lowest BCUT2D eigenvalue weighted by atomic mass is 10.2. The highest BCUT2D eigenvalue weighted by Crippen LogP contribution is 2.26. The molecule has 0 saturated carbocycles. The number of aromatic nitrogens is 1. The number of aryl methyl sites for hydroxylation is 2. The van der Waals surface area contributed by atoms with Crippen molar-refractivity contribution in [1.29, 1.82) is 0 Å². The summed E-state index contributed by atoms with van der Waals surface area (Å²) in [6.07, 6.45) is 1.38. The maximum Gasteiger partial charge on any atom is 0.260 e. The number of hydrogen-bond acceptors (Lipinski definition) is 6. The van der Waals surface area contributed by atoms with E-state index in [1.807, 2.05) is 0 Å². The molecule has 1 aromatic carbocycles. The Hall–Kier alpha value is -3.20. The molecule has 140 valence electrons. The molecule has 0 unspecified atom stereocenters. The number of halogens is 1. The van der Waals surface area contributed by atoms with Gasteiger partial charge in [-0.1, -0.05) is 0 Å². The third-order valence-corrected chi connectivity index (χ3v) is 4.85. The summed E-state index contributed by atoms with van der Waals surface area (Å²) in [6, 6.07) is 5.44.